The van der Waals surface area contributed by atoms with Crippen molar-refractivity contribution in [1.29, 1.82) is 0 Å². The Labute approximate surface area is 95.4 Å². The van der Waals surface area contributed by atoms with E-state index in [0.29, 0.717) is 12.8 Å². The van der Waals surface area contributed by atoms with Crippen LogP contribution in [0.15, 0.2) is 0 Å². The van der Waals surface area contributed by atoms with E-state index in [4.69, 9.17) is 10.8 Å². The third kappa shape index (κ3) is 2.52. The minimum atomic E-state index is -1.02. The van der Waals surface area contributed by atoms with Crippen LogP contribution in [-0.2, 0) is 9.59 Å². The minimum Gasteiger partial charge on any atom is -0.480 e. The lowest BCUT2D eigenvalue weighted by atomic mass is 9.76. The van der Waals surface area contributed by atoms with Crippen molar-refractivity contribution in [2.24, 2.45) is 11.1 Å². The molecule has 0 saturated heterocycles. The van der Waals surface area contributed by atoms with Gasteiger partial charge in [0.15, 0.2) is 0 Å². The normalized spacial score (nSPS) is 20.8. The van der Waals surface area contributed by atoms with Gasteiger partial charge >= 0.3 is 5.97 Å². The van der Waals surface area contributed by atoms with Gasteiger partial charge in [0.25, 0.3) is 0 Å². The molecule has 1 amide bonds. The maximum absolute atomic E-state index is 11.8. The monoisotopic (exact) mass is 228 g/mol. The van der Waals surface area contributed by atoms with Crippen molar-refractivity contribution < 1.29 is 14.7 Å². The van der Waals surface area contributed by atoms with Crippen molar-refractivity contribution in [2.75, 3.05) is 0 Å². The van der Waals surface area contributed by atoms with Gasteiger partial charge < -0.3 is 16.2 Å². The third-order valence-electron chi connectivity index (χ3n) is 3.09. The van der Waals surface area contributed by atoms with Gasteiger partial charge in [-0.25, -0.2) is 4.79 Å². The summed E-state index contributed by atoms with van der Waals surface area (Å²) < 4.78 is 0. The summed E-state index contributed by atoms with van der Waals surface area (Å²) in [5.74, 6) is -1.37. The van der Waals surface area contributed by atoms with E-state index in [2.05, 4.69) is 5.32 Å². The molecule has 0 aromatic carbocycles. The molecule has 0 aliphatic heterocycles. The lowest BCUT2D eigenvalue weighted by Gasteiger charge is -2.38. The van der Waals surface area contributed by atoms with Crippen molar-refractivity contribution in [2.45, 2.75) is 51.6 Å². The molecule has 92 valence electrons. The molecule has 1 saturated carbocycles. The van der Waals surface area contributed by atoms with Crippen molar-refractivity contribution in [3.63, 3.8) is 0 Å². The van der Waals surface area contributed by atoms with Crippen LogP contribution in [0.1, 0.15) is 40.0 Å². The number of nitrogens with one attached hydrogen (secondary N) is 1. The lowest BCUT2D eigenvalue weighted by molar-refractivity contribution is -0.146. The number of carbonyl (C=O) groups is 2. The Bertz CT molecular complexity index is 303. The average molecular weight is 228 g/mol. The molecule has 1 atom stereocenters. The van der Waals surface area contributed by atoms with Crippen LogP contribution < -0.4 is 11.1 Å². The maximum atomic E-state index is 11.8. The van der Waals surface area contributed by atoms with Crippen LogP contribution in [0.3, 0.4) is 0 Å². The predicted molar refractivity (Wildman–Crippen MR) is 59.8 cm³/mol. The van der Waals surface area contributed by atoms with Crippen molar-refractivity contribution in [3.8, 4) is 0 Å². The predicted octanol–water partition coefficient (Wildman–Crippen LogP) is 0.483. The molecule has 1 aliphatic rings. The molecule has 0 aromatic heterocycles. The number of carboxylic acid groups (broad SMARTS) is 1. The molecule has 0 heterocycles. The van der Waals surface area contributed by atoms with E-state index in [9.17, 15) is 9.59 Å². The van der Waals surface area contributed by atoms with Crippen molar-refractivity contribution in [1.82, 2.24) is 5.32 Å². The summed E-state index contributed by atoms with van der Waals surface area (Å²) in [6, 6.07) is -0.902. The first-order valence-corrected chi connectivity index (χ1v) is 5.49. The SMILES string of the molecule is CC(C)(C)[C@H](NC(=O)C1(N)CCC1)C(=O)O. The van der Waals surface area contributed by atoms with E-state index in [1.54, 1.807) is 20.8 Å². The number of nitrogens with two attached hydrogens (primary N) is 1. The second-order valence-electron chi connectivity index (χ2n) is 5.62. The highest BCUT2D eigenvalue weighted by atomic mass is 16.4. The summed E-state index contributed by atoms with van der Waals surface area (Å²) in [4.78, 5) is 22.9. The van der Waals surface area contributed by atoms with Gasteiger partial charge in [0, 0.05) is 0 Å². The Kier molecular flexibility index (Phi) is 3.28. The first-order chi connectivity index (χ1) is 7.17. The number of carboxylic acids is 1. The van der Waals surface area contributed by atoms with Crippen molar-refractivity contribution in [3.05, 3.63) is 0 Å². The van der Waals surface area contributed by atoms with Crippen LogP contribution in [0.25, 0.3) is 0 Å². The summed E-state index contributed by atoms with van der Waals surface area (Å²) >= 11 is 0. The van der Waals surface area contributed by atoms with Gasteiger partial charge in [-0.2, -0.15) is 0 Å². The highest BCUT2D eigenvalue weighted by Crippen LogP contribution is 2.30. The van der Waals surface area contributed by atoms with Gasteiger partial charge in [-0.1, -0.05) is 20.8 Å². The minimum absolute atomic E-state index is 0.346. The third-order valence-corrected chi connectivity index (χ3v) is 3.09. The number of rotatable bonds is 3. The maximum Gasteiger partial charge on any atom is 0.326 e. The van der Waals surface area contributed by atoms with Crippen LogP contribution in [0.5, 0.6) is 0 Å². The first kappa shape index (κ1) is 13.0. The highest BCUT2D eigenvalue weighted by molar-refractivity contribution is 5.90. The Hall–Kier alpha value is -1.10. The standard InChI is InChI=1S/C11H20N2O3/c1-10(2,3)7(8(14)15)13-9(16)11(12)5-4-6-11/h7H,4-6,12H2,1-3H3,(H,13,16)(H,14,15)/t7-/m1/s1. The Balaban J connectivity index is 2.69. The molecular weight excluding hydrogens is 208 g/mol. The molecule has 0 bridgehead atoms. The topological polar surface area (TPSA) is 92.4 Å². The van der Waals surface area contributed by atoms with Crippen LogP contribution in [0.2, 0.25) is 0 Å². The number of hydrogen-bond acceptors (Lipinski definition) is 3. The van der Waals surface area contributed by atoms with E-state index in [1.165, 1.54) is 0 Å². The fourth-order valence-electron chi connectivity index (χ4n) is 1.71. The zero-order valence-electron chi connectivity index (χ0n) is 10.0. The molecule has 5 heteroatoms. The number of aliphatic carboxylic acids is 1. The van der Waals surface area contributed by atoms with E-state index < -0.39 is 23.0 Å². The molecule has 0 aromatic rings. The van der Waals surface area contributed by atoms with E-state index in [0.717, 1.165) is 6.42 Å². The van der Waals surface area contributed by atoms with Crippen LogP contribution in [0.4, 0.5) is 0 Å². The summed E-state index contributed by atoms with van der Waals surface area (Å²) in [5.41, 5.74) is 4.46. The van der Waals surface area contributed by atoms with Crippen LogP contribution in [-0.4, -0.2) is 28.6 Å². The fourth-order valence-corrected chi connectivity index (χ4v) is 1.71. The van der Waals surface area contributed by atoms with Gasteiger partial charge in [-0.15, -0.1) is 0 Å². The molecule has 16 heavy (non-hydrogen) atoms. The molecule has 4 N–H and O–H groups in total. The molecule has 1 aliphatic carbocycles. The quantitative estimate of drug-likeness (QED) is 0.655. The average Bonchev–Trinajstić information content (AvgIpc) is 2.07. The lowest BCUT2D eigenvalue weighted by Crippen LogP contribution is -2.62. The Morgan fingerprint density at radius 1 is 1.38 bits per heavy atom. The Morgan fingerprint density at radius 2 is 1.88 bits per heavy atom. The van der Waals surface area contributed by atoms with Gasteiger partial charge in [-0.3, -0.25) is 4.79 Å². The van der Waals surface area contributed by atoms with E-state index in [-0.39, 0.29) is 5.91 Å². The molecule has 5 nitrogen and oxygen atoms in total. The molecule has 0 unspecified atom stereocenters. The summed E-state index contributed by atoms with van der Waals surface area (Å²) in [6.07, 6.45) is 2.20. The number of hydrogen-bond donors (Lipinski definition) is 3. The fraction of sp³-hybridized carbons (Fsp3) is 0.818. The number of amides is 1. The van der Waals surface area contributed by atoms with Crippen LogP contribution >= 0.6 is 0 Å². The molecule has 0 spiro atoms. The highest BCUT2D eigenvalue weighted by Gasteiger charge is 2.43. The smallest absolute Gasteiger partial charge is 0.326 e. The van der Waals surface area contributed by atoms with E-state index >= 15 is 0 Å². The van der Waals surface area contributed by atoms with Crippen LogP contribution in [0, 0.1) is 5.41 Å². The molecule has 1 rings (SSSR count). The summed E-state index contributed by atoms with van der Waals surface area (Å²) in [6.45, 7) is 5.32. The van der Waals surface area contributed by atoms with Gasteiger partial charge in [0.05, 0.1) is 5.54 Å². The summed E-state index contributed by atoms with van der Waals surface area (Å²) in [7, 11) is 0. The second kappa shape index (κ2) is 4.05. The van der Waals surface area contributed by atoms with E-state index in [1.807, 2.05) is 0 Å². The Morgan fingerprint density at radius 3 is 2.12 bits per heavy atom. The molecule has 0 radical (unpaired) electrons. The van der Waals surface area contributed by atoms with Crippen molar-refractivity contribution >= 4 is 11.9 Å². The molecular formula is C11H20N2O3. The zero-order chi connectivity index (χ0) is 12.6. The molecule has 1 fully saturated rings. The first-order valence-electron chi connectivity index (χ1n) is 5.49. The number of carbonyl (C=O) groups excluding carboxylic acids is 1. The van der Waals surface area contributed by atoms with Gasteiger partial charge in [-0.05, 0) is 24.7 Å². The van der Waals surface area contributed by atoms with Gasteiger partial charge in [0.1, 0.15) is 6.04 Å². The largest absolute Gasteiger partial charge is 0.480 e. The summed E-state index contributed by atoms with van der Waals surface area (Å²) in [5, 5.41) is 11.6. The zero-order valence-corrected chi connectivity index (χ0v) is 10.0. The second-order valence-corrected chi connectivity index (χ2v) is 5.62. The van der Waals surface area contributed by atoms with Gasteiger partial charge in [0.2, 0.25) is 5.91 Å².